The molecule has 0 bridgehead atoms. The molecule has 3 rings (SSSR count). The van der Waals surface area contributed by atoms with Gasteiger partial charge in [0, 0.05) is 11.4 Å². The highest BCUT2D eigenvalue weighted by atomic mass is 32.1. The van der Waals surface area contributed by atoms with E-state index < -0.39 is 10.9 Å². The van der Waals surface area contributed by atoms with E-state index in [2.05, 4.69) is 10.6 Å². The van der Waals surface area contributed by atoms with E-state index in [1.54, 1.807) is 6.07 Å². The van der Waals surface area contributed by atoms with E-state index in [4.69, 9.17) is 0 Å². The van der Waals surface area contributed by atoms with Crippen molar-refractivity contribution in [3.63, 3.8) is 0 Å². The smallest absolute Gasteiger partial charge is 0.253 e. The van der Waals surface area contributed by atoms with Crippen molar-refractivity contribution < 1.29 is 9.90 Å². The van der Waals surface area contributed by atoms with Crippen LogP contribution in [0.3, 0.4) is 0 Å². The minimum atomic E-state index is -0.658. The number of nitrogens with one attached hydrogen (secondary N) is 2. The number of rotatable bonds is 6. The number of phenolic OH excluding ortho intramolecular Hbond substituents is 1. The first-order valence-corrected chi connectivity index (χ1v) is 9.97. The molecule has 0 atom stereocenters. The average molecular weight is 418 g/mol. The number of hydrogen-bond acceptors (Lipinski definition) is 8. The van der Waals surface area contributed by atoms with Gasteiger partial charge in [0.05, 0.1) is 11.3 Å². The van der Waals surface area contributed by atoms with E-state index in [0.29, 0.717) is 12.8 Å². The van der Waals surface area contributed by atoms with E-state index in [1.165, 1.54) is 23.5 Å². The van der Waals surface area contributed by atoms with Crippen LogP contribution in [0.5, 0.6) is 5.75 Å². The number of carbonyl (C=O) groups excluding carboxylic acids is 1. The number of benzene rings is 1. The molecular formula is C21H27N3O4S. The first kappa shape index (κ1) is 24.1. The predicted octanol–water partition coefficient (Wildman–Crippen LogP) is 3.42. The molecule has 0 saturated heterocycles. The molecule has 156 valence electrons. The van der Waals surface area contributed by atoms with E-state index in [1.807, 2.05) is 57.4 Å². The van der Waals surface area contributed by atoms with Crippen molar-refractivity contribution in [2.45, 2.75) is 20.4 Å². The van der Waals surface area contributed by atoms with Crippen LogP contribution < -0.4 is 21.5 Å². The Kier molecular flexibility index (Phi) is 9.78. The van der Waals surface area contributed by atoms with Gasteiger partial charge in [0.25, 0.3) is 10.9 Å². The molecule has 0 fully saturated rings. The van der Waals surface area contributed by atoms with Crippen LogP contribution in [0.1, 0.15) is 29.1 Å². The van der Waals surface area contributed by atoms with Crippen molar-refractivity contribution in [2.24, 2.45) is 0 Å². The maximum Gasteiger partial charge on any atom is 0.253 e. The third kappa shape index (κ3) is 6.55. The molecule has 0 aliphatic rings. The third-order valence-corrected chi connectivity index (χ3v) is 4.26. The second-order valence-corrected chi connectivity index (χ2v) is 7.20. The van der Waals surface area contributed by atoms with Crippen molar-refractivity contribution in [3.05, 3.63) is 66.6 Å². The summed E-state index contributed by atoms with van der Waals surface area (Å²) in [4.78, 5) is 37.3. The van der Waals surface area contributed by atoms with E-state index in [-0.39, 0.29) is 28.4 Å². The molecule has 3 aromatic rings. The van der Waals surface area contributed by atoms with Gasteiger partial charge in [-0.05, 0) is 44.7 Å². The summed E-state index contributed by atoms with van der Waals surface area (Å²) in [5, 5.41) is 17.5. The summed E-state index contributed by atoms with van der Waals surface area (Å²) in [6.45, 7) is 4.43. The number of nitrogens with zero attached hydrogens (tertiary/aromatic N) is 1. The van der Waals surface area contributed by atoms with Gasteiger partial charge in [0.1, 0.15) is 17.1 Å². The van der Waals surface area contributed by atoms with Gasteiger partial charge < -0.3 is 20.6 Å². The maximum atomic E-state index is 11.7. The van der Waals surface area contributed by atoms with Crippen LogP contribution in [0.25, 0.3) is 0 Å². The van der Waals surface area contributed by atoms with E-state index in [9.17, 15) is 19.5 Å². The Labute approximate surface area is 174 Å². The highest BCUT2D eigenvalue weighted by Gasteiger charge is 2.22. The SMILES string of the molecule is CC.CN(C)C.O=Cc1cccc(Nc2c(NCc3cccs3)c(=O)c2=O)c1O. The molecule has 0 radical (unpaired) electrons. The fourth-order valence-electron chi connectivity index (χ4n) is 2.16. The second kappa shape index (κ2) is 11.8. The normalized spacial score (nSPS) is 9.86. The number of aromatic hydroxyl groups is 1. The van der Waals surface area contributed by atoms with Crippen molar-refractivity contribution in [1.82, 2.24) is 4.90 Å². The topological polar surface area (TPSA) is 98.7 Å². The molecule has 29 heavy (non-hydrogen) atoms. The fourth-order valence-corrected chi connectivity index (χ4v) is 2.80. The molecule has 0 spiro atoms. The highest BCUT2D eigenvalue weighted by Crippen LogP contribution is 2.30. The lowest BCUT2D eigenvalue weighted by atomic mass is 10.1. The summed E-state index contributed by atoms with van der Waals surface area (Å²) in [6.07, 6.45) is 0.512. The molecule has 0 aliphatic heterocycles. The Morgan fingerprint density at radius 3 is 2.21 bits per heavy atom. The van der Waals surface area contributed by atoms with Crippen molar-refractivity contribution in [2.75, 3.05) is 31.8 Å². The van der Waals surface area contributed by atoms with Crippen molar-refractivity contribution in [3.8, 4) is 5.75 Å². The summed E-state index contributed by atoms with van der Waals surface area (Å²) in [5.41, 5.74) is -0.698. The van der Waals surface area contributed by atoms with Gasteiger partial charge >= 0.3 is 0 Å². The minimum Gasteiger partial charge on any atom is -0.505 e. The monoisotopic (exact) mass is 417 g/mol. The number of thiophene rings is 1. The number of anilines is 3. The van der Waals surface area contributed by atoms with Crippen molar-refractivity contribution >= 4 is 34.7 Å². The molecule has 0 saturated carbocycles. The zero-order valence-electron chi connectivity index (χ0n) is 17.3. The first-order valence-electron chi connectivity index (χ1n) is 9.09. The Hall–Kier alpha value is -2.97. The summed E-state index contributed by atoms with van der Waals surface area (Å²) < 4.78 is 0. The van der Waals surface area contributed by atoms with Crippen LogP contribution in [-0.2, 0) is 6.54 Å². The fraction of sp³-hybridized carbons (Fsp3) is 0.286. The van der Waals surface area contributed by atoms with Gasteiger partial charge in [0.15, 0.2) is 6.29 Å². The first-order chi connectivity index (χ1) is 13.8. The quantitative estimate of drug-likeness (QED) is 0.321. The van der Waals surface area contributed by atoms with Gasteiger partial charge in [-0.15, -0.1) is 11.3 Å². The summed E-state index contributed by atoms with van der Waals surface area (Å²) in [6, 6.07) is 8.34. The molecule has 0 unspecified atom stereocenters. The number of hydrogen-bond donors (Lipinski definition) is 3. The largest absolute Gasteiger partial charge is 0.505 e. The summed E-state index contributed by atoms with van der Waals surface area (Å²) >= 11 is 1.53. The van der Waals surface area contributed by atoms with Crippen molar-refractivity contribution in [1.29, 1.82) is 0 Å². The lowest BCUT2D eigenvalue weighted by molar-refractivity contribution is 0.112. The molecule has 3 N–H and O–H groups in total. The average Bonchev–Trinajstić information content (AvgIpc) is 3.22. The Bertz CT molecular complexity index is 972. The number of para-hydroxylation sites is 1. The summed E-state index contributed by atoms with van der Waals surface area (Å²) in [7, 11) is 6.00. The number of phenols is 1. The van der Waals surface area contributed by atoms with Crippen LogP contribution in [0, 0.1) is 0 Å². The van der Waals surface area contributed by atoms with E-state index in [0.717, 1.165) is 4.88 Å². The predicted molar refractivity (Wildman–Crippen MR) is 121 cm³/mol. The third-order valence-electron chi connectivity index (χ3n) is 3.38. The number of aldehydes is 1. The standard InChI is InChI=1S/C16H12N2O4S.C3H9N.C2H6/c19-8-9-3-1-5-11(14(9)20)18-13-12(15(21)16(13)22)17-7-10-4-2-6-23-10;1-4(2)3;1-2/h1-6,8,17-18,20H,7H2;1-3H3;1-2H3. The molecular weight excluding hydrogens is 390 g/mol. The summed E-state index contributed by atoms with van der Waals surface area (Å²) in [5.74, 6) is -0.264. The molecule has 1 aromatic heterocycles. The highest BCUT2D eigenvalue weighted by molar-refractivity contribution is 7.09. The van der Waals surface area contributed by atoms with Crippen LogP contribution in [-0.4, -0.2) is 37.4 Å². The zero-order valence-corrected chi connectivity index (χ0v) is 18.1. The second-order valence-electron chi connectivity index (χ2n) is 6.17. The Balaban J connectivity index is 0.000000627. The van der Waals surface area contributed by atoms with Crippen LogP contribution >= 0.6 is 11.3 Å². The minimum absolute atomic E-state index is 0.0879. The van der Waals surface area contributed by atoms with Crippen LogP contribution in [0.4, 0.5) is 17.1 Å². The maximum absolute atomic E-state index is 11.7. The molecule has 0 amide bonds. The van der Waals surface area contributed by atoms with Gasteiger partial charge in [0.2, 0.25) is 0 Å². The molecule has 1 heterocycles. The zero-order chi connectivity index (χ0) is 22.0. The van der Waals surface area contributed by atoms with Gasteiger partial charge in [-0.3, -0.25) is 14.4 Å². The van der Waals surface area contributed by atoms with E-state index >= 15 is 0 Å². The van der Waals surface area contributed by atoms with Crippen LogP contribution in [0.15, 0.2) is 45.3 Å². The molecule has 7 nitrogen and oxygen atoms in total. The lowest BCUT2D eigenvalue weighted by Crippen LogP contribution is -2.36. The van der Waals surface area contributed by atoms with Gasteiger partial charge in [-0.1, -0.05) is 26.0 Å². The molecule has 0 aliphatic carbocycles. The van der Waals surface area contributed by atoms with Crippen LogP contribution in [0.2, 0.25) is 0 Å². The Morgan fingerprint density at radius 2 is 1.66 bits per heavy atom. The molecule has 2 aromatic carbocycles. The molecule has 8 heteroatoms. The Morgan fingerprint density at radius 1 is 1.03 bits per heavy atom. The number of carbonyl (C=O) groups is 1. The van der Waals surface area contributed by atoms with Gasteiger partial charge in [-0.2, -0.15) is 0 Å². The lowest BCUT2D eigenvalue weighted by Gasteiger charge is -2.15. The van der Waals surface area contributed by atoms with Gasteiger partial charge in [-0.25, -0.2) is 0 Å².